The predicted molar refractivity (Wildman–Crippen MR) is 39.7 cm³/mol. The summed E-state index contributed by atoms with van der Waals surface area (Å²) in [5, 5.41) is 17.2. The van der Waals surface area contributed by atoms with Gasteiger partial charge in [-0.1, -0.05) is 0 Å². The van der Waals surface area contributed by atoms with Crippen molar-refractivity contribution < 1.29 is 5.11 Å². The summed E-state index contributed by atoms with van der Waals surface area (Å²) in [6.07, 6.45) is 3.64. The van der Waals surface area contributed by atoms with Gasteiger partial charge in [-0.15, -0.1) is 0 Å². The van der Waals surface area contributed by atoms with Gasteiger partial charge < -0.3 is 5.11 Å². The van der Waals surface area contributed by atoms with E-state index in [9.17, 15) is 0 Å². The Kier molecular flexibility index (Phi) is 2.59. The fourth-order valence-corrected chi connectivity index (χ4v) is 0.862. The molecule has 0 atom stereocenters. The first-order chi connectivity index (χ1) is 5.38. The summed E-state index contributed by atoms with van der Waals surface area (Å²) in [4.78, 5) is 3.79. The number of aliphatic hydroxyl groups excluding tert-OH is 1. The largest absolute Gasteiger partial charge is 0.396 e. The number of rotatable bonds is 2. The molecule has 56 valence electrons. The van der Waals surface area contributed by atoms with Gasteiger partial charge in [-0.05, 0) is 18.1 Å². The summed E-state index contributed by atoms with van der Waals surface area (Å²) in [5.41, 5.74) is 1.39. The molecule has 0 saturated carbocycles. The lowest BCUT2D eigenvalue weighted by molar-refractivity contribution is 0.299. The van der Waals surface area contributed by atoms with Gasteiger partial charge in [-0.3, -0.25) is 4.98 Å². The Bertz CT molecular complexity index is 278. The summed E-state index contributed by atoms with van der Waals surface area (Å²) in [6.45, 7) is 0.0681. The number of aliphatic hydroxyl groups is 1. The van der Waals surface area contributed by atoms with E-state index in [1.807, 2.05) is 6.07 Å². The van der Waals surface area contributed by atoms with Crippen LogP contribution in [0.25, 0.3) is 0 Å². The third kappa shape index (κ3) is 1.76. The van der Waals surface area contributed by atoms with Crippen molar-refractivity contribution in [1.29, 1.82) is 5.26 Å². The van der Waals surface area contributed by atoms with Crippen LogP contribution in [0.2, 0.25) is 0 Å². The van der Waals surface area contributed by atoms with Crippen LogP contribution in [0.4, 0.5) is 0 Å². The van der Waals surface area contributed by atoms with E-state index < -0.39 is 0 Å². The van der Waals surface area contributed by atoms with Gasteiger partial charge in [-0.25, -0.2) is 0 Å². The molecule has 3 nitrogen and oxygen atoms in total. The van der Waals surface area contributed by atoms with Crippen molar-refractivity contribution in [2.45, 2.75) is 6.42 Å². The second-order valence-corrected chi connectivity index (χ2v) is 2.12. The molecule has 0 aliphatic rings. The number of hydrogen-bond donors (Lipinski definition) is 1. The van der Waals surface area contributed by atoms with E-state index in [0.29, 0.717) is 12.0 Å². The molecule has 1 heterocycles. The average Bonchev–Trinajstić information content (AvgIpc) is 2.06. The highest BCUT2D eigenvalue weighted by Gasteiger charge is 1.98. The third-order valence-electron chi connectivity index (χ3n) is 1.41. The van der Waals surface area contributed by atoms with Crippen molar-refractivity contribution in [3.05, 3.63) is 29.6 Å². The standard InChI is InChI=1S/C8H8N2O/c9-5-8-6-10-3-1-7(8)2-4-11/h1,3,6,11H,2,4H2. The Balaban J connectivity index is 2.95. The molecule has 0 unspecified atom stereocenters. The van der Waals surface area contributed by atoms with E-state index >= 15 is 0 Å². The molecule has 0 aliphatic heterocycles. The lowest BCUT2D eigenvalue weighted by Crippen LogP contribution is -1.94. The minimum absolute atomic E-state index is 0.0681. The Labute approximate surface area is 64.9 Å². The van der Waals surface area contributed by atoms with Crippen molar-refractivity contribution in [2.75, 3.05) is 6.61 Å². The first-order valence-corrected chi connectivity index (χ1v) is 3.32. The second-order valence-electron chi connectivity index (χ2n) is 2.12. The molecule has 11 heavy (non-hydrogen) atoms. The maximum atomic E-state index is 8.61. The first-order valence-electron chi connectivity index (χ1n) is 3.32. The molecule has 1 aromatic rings. The van der Waals surface area contributed by atoms with Crippen LogP contribution < -0.4 is 0 Å². The molecule has 3 heteroatoms. The first kappa shape index (κ1) is 7.70. The number of nitrogens with zero attached hydrogens (tertiary/aromatic N) is 2. The van der Waals surface area contributed by atoms with Gasteiger partial charge >= 0.3 is 0 Å². The lowest BCUT2D eigenvalue weighted by Gasteiger charge is -1.97. The van der Waals surface area contributed by atoms with Crippen molar-refractivity contribution in [3.8, 4) is 6.07 Å². The molecule has 0 amide bonds. The van der Waals surface area contributed by atoms with E-state index in [4.69, 9.17) is 10.4 Å². The van der Waals surface area contributed by atoms with Crippen LogP contribution in [0.15, 0.2) is 18.5 Å². The molecule has 0 aromatic carbocycles. The van der Waals surface area contributed by atoms with E-state index in [1.54, 1.807) is 12.3 Å². The minimum Gasteiger partial charge on any atom is -0.396 e. The monoisotopic (exact) mass is 148 g/mol. The zero-order valence-corrected chi connectivity index (χ0v) is 5.99. The second kappa shape index (κ2) is 3.69. The van der Waals surface area contributed by atoms with Crippen LogP contribution in [-0.2, 0) is 6.42 Å². The number of aromatic nitrogens is 1. The molecule has 1 rings (SSSR count). The van der Waals surface area contributed by atoms with Gasteiger partial charge in [0.05, 0.1) is 5.56 Å². The molecule has 0 radical (unpaired) electrons. The van der Waals surface area contributed by atoms with Crippen LogP contribution in [-0.4, -0.2) is 16.7 Å². The van der Waals surface area contributed by atoms with E-state index in [-0.39, 0.29) is 6.61 Å². The zero-order chi connectivity index (χ0) is 8.10. The van der Waals surface area contributed by atoms with Crippen LogP contribution in [0.5, 0.6) is 0 Å². The van der Waals surface area contributed by atoms with Crippen LogP contribution in [0.1, 0.15) is 11.1 Å². The van der Waals surface area contributed by atoms with Crippen LogP contribution in [0, 0.1) is 11.3 Å². The Morgan fingerprint density at radius 2 is 2.45 bits per heavy atom. The average molecular weight is 148 g/mol. The molecule has 0 bridgehead atoms. The normalized spacial score (nSPS) is 9.09. The van der Waals surface area contributed by atoms with E-state index in [2.05, 4.69) is 4.98 Å². The highest BCUT2D eigenvalue weighted by Crippen LogP contribution is 2.04. The highest BCUT2D eigenvalue weighted by molar-refractivity contribution is 5.34. The van der Waals surface area contributed by atoms with Crippen LogP contribution in [0.3, 0.4) is 0 Å². The van der Waals surface area contributed by atoms with Gasteiger partial charge in [0.1, 0.15) is 6.07 Å². The SMILES string of the molecule is N#Cc1cnccc1CCO. The number of hydrogen-bond acceptors (Lipinski definition) is 3. The fourth-order valence-electron chi connectivity index (χ4n) is 0.862. The van der Waals surface area contributed by atoms with Crippen molar-refractivity contribution in [1.82, 2.24) is 4.98 Å². The highest BCUT2D eigenvalue weighted by atomic mass is 16.2. The van der Waals surface area contributed by atoms with Gasteiger partial charge in [-0.2, -0.15) is 5.26 Å². The summed E-state index contributed by atoms with van der Waals surface area (Å²) in [5.74, 6) is 0. The van der Waals surface area contributed by atoms with Crippen molar-refractivity contribution in [2.24, 2.45) is 0 Å². The number of nitriles is 1. The molecule has 0 fully saturated rings. The van der Waals surface area contributed by atoms with Crippen molar-refractivity contribution >= 4 is 0 Å². The molecular weight excluding hydrogens is 140 g/mol. The molecule has 1 N–H and O–H groups in total. The molecule has 1 aromatic heterocycles. The quantitative estimate of drug-likeness (QED) is 0.664. The molecule has 0 aliphatic carbocycles. The predicted octanol–water partition coefficient (Wildman–Crippen LogP) is 0.488. The Morgan fingerprint density at radius 3 is 3.09 bits per heavy atom. The topological polar surface area (TPSA) is 56.9 Å². The van der Waals surface area contributed by atoms with Gasteiger partial charge in [0.2, 0.25) is 0 Å². The summed E-state index contributed by atoms with van der Waals surface area (Å²) in [6, 6.07) is 3.75. The number of pyridine rings is 1. The van der Waals surface area contributed by atoms with Crippen LogP contribution >= 0.6 is 0 Å². The van der Waals surface area contributed by atoms with Gasteiger partial charge in [0, 0.05) is 19.0 Å². The van der Waals surface area contributed by atoms with Gasteiger partial charge in [0.15, 0.2) is 0 Å². The smallest absolute Gasteiger partial charge is 0.101 e. The summed E-state index contributed by atoms with van der Waals surface area (Å²) in [7, 11) is 0. The summed E-state index contributed by atoms with van der Waals surface area (Å²) >= 11 is 0. The lowest BCUT2D eigenvalue weighted by atomic mass is 10.1. The Hall–Kier alpha value is -1.40. The molecule has 0 spiro atoms. The fraction of sp³-hybridized carbons (Fsp3) is 0.250. The molecule has 0 saturated heterocycles. The maximum absolute atomic E-state index is 8.61. The zero-order valence-electron chi connectivity index (χ0n) is 5.99. The van der Waals surface area contributed by atoms with E-state index in [1.165, 1.54) is 6.20 Å². The van der Waals surface area contributed by atoms with Gasteiger partial charge in [0.25, 0.3) is 0 Å². The van der Waals surface area contributed by atoms with Crippen molar-refractivity contribution in [3.63, 3.8) is 0 Å². The molecular formula is C8H8N2O. The summed E-state index contributed by atoms with van der Waals surface area (Å²) < 4.78 is 0. The Morgan fingerprint density at radius 1 is 1.64 bits per heavy atom. The third-order valence-corrected chi connectivity index (χ3v) is 1.41. The maximum Gasteiger partial charge on any atom is 0.101 e. The van der Waals surface area contributed by atoms with E-state index in [0.717, 1.165) is 5.56 Å². The minimum atomic E-state index is 0.0681.